The largest absolute Gasteiger partial charge is 0.387 e. The van der Waals surface area contributed by atoms with E-state index in [1.54, 1.807) is 11.8 Å². The van der Waals surface area contributed by atoms with Crippen molar-refractivity contribution in [3.63, 3.8) is 0 Å². The van der Waals surface area contributed by atoms with Gasteiger partial charge in [-0.15, -0.1) is 0 Å². The molecule has 0 aliphatic carbocycles. The van der Waals surface area contributed by atoms with Crippen LogP contribution in [0.15, 0.2) is 57.8 Å². The Kier molecular flexibility index (Phi) is 8.54. The molecule has 0 unspecified atom stereocenters. The van der Waals surface area contributed by atoms with Crippen LogP contribution in [-0.4, -0.2) is 46.3 Å². The number of amidine groups is 1. The highest BCUT2D eigenvalue weighted by Crippen LogP contribution is 2.33. The van der Waals surface area contributed by atoms with Crippen LogP contribution in [0.4, 0.5) is 5.69 Å². The van der Waals surface area contributed by atoms with Gasteiger partial charge in [-0.2, -0.15) is 11.8 Å². The Morgan fingerprint density at radius 3 is 2.49 bits per heavy atom. The molecule has 194 valence electrons. The number of pyridine rings is 1. The Balaban J connectivity index is 1.70. The molecular weight excluding hydrogens is 480 g/mol. The van der Waals surface area contributed by atoms with Crippen LogP contribution < -0.4 is 11.3 Å². The number of hydrogen-bond donors (Lipinski definition) is 1. The van der Waals surface area contributed by atoms with E-state index in [9.17, 15) is 9.59 Å². The first-order valence-electron chi connectivity index (χ1n) is 13.0. The predicted molar refractivity (Wildman–Crippen MR) is 158 cm³/mol. The number of hydrogen-bond acceptors (Lipinski definition) is 5. The molecule has 0 fully saturated rings. The Morgan fingerprint density at radius 2 is 1.78 bits per heavy atom. The number of amides is 1. The fraction of sp³-hybridized carbons (Fsp3) is 0.367. The molecule has 0 atom stereocenters. The van der Waals surface area contributed by atoms with Crippen LogP contribution in [0, 0.1) is 6.92 Å². The first-order chi connectivity index (χ1) is 17.9. The lowest BCUT2D eigenvalue weighted by molar-refractivity contribution is -0.127. The van der Waals surface area contributed by atoms with E-state index in [0.29, 0.717) is 24.4 Å². The van der Waals surface area contributed by atoms with Crippen molar-refractivity contribution in [3.8, 4) is 11.1 Å². The molecule has 0 saturated heterocycles. The van der Waals surface area contributed by atoms with E-state index in [2.05, 4.69) is 31.0 Å². The number of carbonyl (C=O) groups excluding carboxylic acids is 1. The molecule has 1 aromatic heterocycles. The molecule has 6 nitrogen and oxygen atoms in total. The third kappa shape index (κ3) is 5.82. The van der Waals surface area contributed by atoms with Crippen molar-refractivity contribution in [2.75, 3.05) is 25.1 Å². The van der Waals surface area contributed by atoms with Gasteiger partial charge in [-0.3, -0.25) is 9.59 Å². The number of thioether (sulfide) groups is 1. The minimum absolute atomic E-state index is 0.0341. The summed E-state index contributed by atoms with van der Waals surface area (Å²) in [5.74, 6) is 1.37. The van der Waals surface area contributed by atoms with Crippen LogP contribution in [0.1, 0.15) is 44.4 Å². The second-order valence-corrected chi connectivity index (χ2v) is 10.5. The lowest BCUT2D eigenvalue weighted by Gasteiger charge is -2.22. The Bertz CT molecular complexity index is 1430. The Hall–Kier alpha value is -3.32. The fourth-order valence-corrected chi connectivity index (χ4v) is 5.26. The van der Waals surface area contributed by atoms with Gasteiger partial charge in [-0.05, 0) is 72.9 Å². The molecule has 0 spiro atoms. The molecule has 0 saturated carbocycles. The number of benzene rings is 2. The molecule has 0 radical (unpaired) electrons. The van der Waals surface area contributed by atoms with Crippen LogP contribution in [0.25, 0.3) is 28.0 Å². The maximum Gasteiger partial charge on any atom is 0.258 e. The van der Waals surface area contributed by atoms with E-state index in [1.807, 2.05) is 59.1 Å². The van der Waals surface area contributed by atoms with Crippen molar-refractivity contribution in [1.82, 2.24) is 9.47 Å². The number of carbonyl (C=O) groups is 1. The monoisotopic (exact) mass is 516 g/mol. The summed E-state index contributed by atoms with van der Waals surface area (Å²) in [5, 5.41) is 1.65. The maximum atomic E-state index is 13.3. The first kappa shape index (κ1) is 26.7. The molecule has 1 amide bonds. The minimum Gasteiger partial charge on any atom is -0.387 e. The lowest BCUT2D eigenvalue weighted by Crippen LogP contribution is -2.34. The molecular formula is C30H36N4O2S. The van der Waals surface area contributed by atoms with Crippen molar-refractivity contribution in [1.29, 1.82) is 0 Å². The molecule has 3 aromatic rings. The van der Waals surface area contributed by atoms with Gasteiger partial charge < -0.3 is 15.2 Å². The van der Waals surface area contributed by atoms with Crippen molar-refractivity contribution >= 4 is 46.0 Å². The van der Waals surface area contributed by atoms with E-state index in [1.165, 1.54) is 0 Å². The lowest BCUT2D eigenvalue weighted by atomic mass is 9.98. The summed E-state index contributed by atoms with van der Waals surface area (Å²) in [6, 6.07) is 14.1. The smallest absolute Gasteiger partial charge is 0.258 e. The highest BCUT2D eigenvalue weighted by Gasteiger charge is 2.21. The number of nitrogens with zero attached hydrogens (tertiary/aromatic N) is 3. The molecule has 4 rings (SSSR count). The second kappa shape index (κ2) is 11.8. The van der Waals surface area contributed by atoms with Gasteiger partial charge >= 0.3 is 0 Å². The summed E-state index contributed by atoms with van der Waals surface area (Å²) < 4.78 is 1.85. The maximum absolute atomic E-state index is 13.3. The normalized spacial score (nSPS) is 13.1. The van der Waals surface area contributed by atoms with Gasteiger partial charge in [-0.25, -0.2) is 4.99 Å². The molecule has 2 N–H and O–H groups in total. The molecule has 37 heavy (non-hydrogen) atoms. The second-order valence-electron chi connectivity index (χ2n) is 9.55. The number of nitrogens with two attached hydrogens (primary N) is 1. The van der Waals surface area contributed by atoms with Crippen LogP contribution in [-0.2, 0) is 11.3 Å². The molecule has 1 aliphatic heterocycles. The standard InChI is InChI=1S/C30H36N4O2S/c1-5-11-33(12-6-2)29(35)25-17-23-8-7-22(18-27(23)32-28(31)19-25)21-9-10-26-24(16-21)15-20(3)34(30(26)36)13-14-37-4/h7-10,15-18H,5-6,11-14,19H2,1-4H3,(H2,31,32). The zero-order valence-electron chi connectivity index (χ0n) is 22.2. The quantitative estimate of drug-likeness (QED) is 0.392. The molecule has 1 aliphatic rings. The summed E-state index contributed by atoms with van der Waals surface area (Å²) in [7, 11) is 0. The molecule has 7 heteroatoms. The summed E-state index contributed by atoms with van der Waals surface area (Å²) in [5.41, 5.74) is 11.6. The molecule has 2 heterocycles. The van der Waals surface area contributed by atoms with E-state index >= 15 is 0 Å². The van der Waals surface area contributed by atoms with E-state index in [4.69, 9.17) is 5.73 Å². The summed E-state index contributed by atoms with van der Waals surface area (Å²) in [6.45, 7) is 8.33. The molecule has 2 aromatic carbocycles. The Morgan fingerprint density at radius 1 is 1.08 bits per heavy atom. The van der Waals surface area contributed by atoms with Gasteiger partial charge in [0.05, 0.1) is 5.69 Å². The van der Waals surface area contributed by atoms with Gasteiger partial charge in [0.2, 0.25) is 5.91 Å². The third-order valence-electron chi connectivity index (χ3n) is 6.71. The van der Waals surface area contributed by atoms with Gasteiger partial charge in [0.1, 0.15) is 5.84 Å². The van der Waals surface area contributed by atoms with E-state index < -0.39 is 0 Å². The van der Waals surface area contributed by atoms with Crippen molar-refractivity contribution in [2.24, 2.45) is 10.7 Å². The zero-order valence-corrected chi connectivity index (χ0v) is 23.0. The zero-order chi connectivity index (χ0) is 26.5. The number of aromatic nitrogens is 1. The van der Waals surface area contributed by atoms with E-state index in [-0.39, 0.29) is 11.5 Å². The van der Waals surface area contributed by atoms with Gasteiger partial charge in [0, 0.05) is 54.0 Å². The van der Waals surface area contributed by atoms with Crippen LogP contribution in [0.5, 0.6) is 0 Å². The predicted octanol–water partition coefficient (Wildman–Crippen LogP) is 5.76. The summed E-state index contributed by atoms with van der Waals surface area (Å²) in [6.07, 6.45) is 6.15. The van der Waals surface area contributed by atoms with Gasteiger partial charge in [0.15, 0.2) is 0 Å². The van der Waals surface area contributed by atoms with Gasteiger partial charge in [0.25, 0.3) is 5.56 Å². The molecule has 0 bridgehead atoms. The number of aryl methyl sites for hydroxylation is 1. The van der Waals surface area contributed by atoms with Gasteiger partial charge in [-0.1, -0.05) is 32.0 Å². The average molecular weight is 517 g/mol. The topological polar surface area (TPSA) is 80.7 Å². The van der Waals surface area contributed by atoms with Crippen LogP contribution in [0.2, 0.25) is 0 Å². The highest BCUT2D eigenvalue weighted by atomic mass is 32.2. The van der Waals surface area contributed by atoms with Crippen molar-refractivity contribution in [2.45, 2.75) is 46.6 Å². The number of aliphatic imine (C=N–C) groups is 1. The average Bonchev–Trinajstić information content (AvgIpc) is 3.05. The van der Waals surface area contributed by atoms with E-state index in [0.717, 1.165) is 70.5 Å². The summed E-state index contributed by atoms with van der Waals surface area (Å²) >= 11 is 1.73. The van der Waals surface area contributed by atoms with Crippen LogP contribution >= 0.6 is 11.8 Å². The number of rotatable bonds is 9. The minimum atomic E-state index is 0.0341. The third-order valence-corrected chi connectivity index (χ3v) is 7.31. The SMILES string of the molecule is CCCN(CCC)C(=O)C1=Cc2ccc(-c3ccc4c(=O)n(CCSC)c(C)cc4c3)cc2N=C(N)C1. The highest BCUT2D eigenvalue weighted by molar-refractivity contribution is 7.98. The van der Waals surface area contributed by atoms with Crippen LogP contribution in [0.3, 0.4) is 0 Å². The summed E-state index contributed by atoms with van der Waals surface area (Å²) in [4.78, 5) is 32.9. The number of fused-ring (bicyclic) bond motifs is 2. The fourth-order valence-electron chi connectivity index (χ4n) is 4.89. The van der Waals surface area contributed by atoms with Crippen molar-refractivity contribution < 1.29 is 4.79 Å². The Labute approximate surface area is 223 Å². The first-order valence-corrected chi connectivity index (χ1v) is 14.4. The van der Waals surface area contributed by atoms with Crippen molar-refractivity contribution in [3.05, 3.63) is 69.6 Å².